The monoisotopic (exact) mass is 786 g/mol. The summed E-state index contributed by atoms with van der Waals surface area (Å²) in [7, 11) is -12.3. The van der Waals surface area contributed by atoms with E-state index in [1.807, 2.05) is 18.2 Å². The molecule has 3 atom stereocenters. The van der Waals surface area contributed by atoms with Crippen molar-refractivity contribution >= 4 is 22.8 Å². The van der Waals surface area contributed by atoms with Gasteiger partial charge in [-0.05, 0) is 116 Å². The van der Waals surface area contributed by atoms with Gasteiger partial charge in [-0.1, -0.05) is 54.6 Å². The molecule has 0 bridgehead atoms. The smallest absolute Gasteiger partial charge is 0.407 e. The number of aryl methyl sites for hydroxylation is 6. The van der Waals surface area contributed by atoms with Crippen LogP contribution >= 0.6 is 22.8 Å². The van der Waals surface area contributed by atoms with Gasteiger partial charge in [0.2, 0.25) is 0 Å². The molecule has 0 heterocycles. The maximum absolute atomic E-state index is 11.8. The first-order chi connectivity index (χ1) is 21.4. The molecule has 0 saturated heterocycles. The lowest BCUT2D eigenvalue weighted by Crippen LogP contribution is -2.22. The van der Waals surface area contributed by atoms with Gasteiger partial charge in [0.05, 0.1) is 0 Å². The Morgan fingerprint density at radius 3 is 0.667 bits per heavy atom. The Morgan fingerprint density at radius 1 is 0.412 bits per heavy atom. The molecule has 0 saturated carbocycles. The van der Waals surface area contributed by atoms with Crippen molar-refractivity contribution in [2.75, 3.05) is 0 Å². The fourth-order valence-corrected chi connectivity index (χ4v) is 5.81. The second kappa shape index (κ2) is 19.5. The van der Waals surface area contributed by atoms with Gasteiger partial charge in [0.15, 0.2) is 16.0 Å². The molecule has 3 aromatic rings. The van der Waals surface area contributed by atoms with Crippen LogP contribution in [-0.4, -0.2) is 62.5 Å². The highest BCUT2D eigenvalue weighted by atomic mass is 31.2. The molecule has 0 aliphatic rings. The highest BCUT2D eigenvalue weighted by molar-refractivity contribution is 7.55. The Hall–Kier alpha value is -2.61. The molecule has 0 radical (unpaired) electrons. The lowest BCUT2D eigenvalue weighted by atomic mass is 10.1. The topological polar surface area (TPSA) is 295 Å². The standard InChI is InChI=1S/3C11H17O4P.3H2O/c3*1-8-6-5-7-9(2)10(8)15-16(13,14)11(3,4)12;;;/h3*5-7,12H,1-4H3,(H,13,14);3*1H2. The molecule has 0 aliphatic carbocycles. The molecular weight excluding hydrogens is 729 g/mol. The normalized spacial score (nSPS) is 14.7. The first-order valence-electron chi connectivity index (χ1n) is 14.9. The molecule has 294 valence electrons. The van der Waals surface area contributed by atoms with E-state index in [4.69, 9.17) is 13.6 Å². The van der Waals surface area contributed by atoms with E-state index in [0.717, 1.165) is 33.4 Å². The van der Waals surface area contributed by atoms with Crippen LogP contribution < -0.4 is 13.6 Å². The number of para-hydroxylation sites is 3. The Bertz CT molecular complexity index is 1450. The van der Waals surface area contributed by atoms with Crippen molar-refractivity contribution in [2.45, 2.75) is 99.1 Å². The second-order valence-electron chi connectivity index (χ2n) is 13.0. The van der Waals surface area contributed by atoms with Gasteiger partial charge >= 0.3 is 22.8 Å². The molecule has 3 unspecified atom stereocenters. The maximum atomic E-state index is 11.8. The van der Waals surface area contributed by atoms with Crippen molar-refractivity contribution in [3.05, 3.63) is 88.0 Å². The zero-order valence-corrected chi connectivity index (χ0v) is 33.9. The van der Waals surface area contributed by atoms with Crippen LogP contribution in [0.2, 0.25) is 0 Å². The minimum absolute atomic E-state index is 0. The number of hydrogen-bond donors (Lipinski definition) is 6. The SMILES string of the molecule is Cc1cccc(C)c1OP(=O)(O)C(C)(C)O.Cc1cccc(C)c1OP(=O)(O)C(C)(C)O.Cc1cccc(C)c1OP(=O)(O)C(C)(C)O.O.O.O. The van der Waals surface area contributed by atoms with Gasteiger partial charge in [0.25, 0.3) is 0 Å². The van der Waals surface area contributed by atoms with Crippen molar-refractivity contribution in [1.82, 2.24) is 0 Å². The molecule has 0 aromatic heterocycles. The second-order valence-corrected chi connectivity index (χ2v) is 19.9. The van der Waals surface area contributed by atoms with Crippen molar-refractivity contribution in [2.24, 2.45) is 0 Å². The van der Waals surface area contributed by atoms with E-state index in [0.29, 0.717) is 17.2 Å². The summed E-state index contributed by atoms with van der Waals surface area (Å²) < 4.78 is 50.6. The van der Waals surface area contributed by atoms with Crippen LogP contribution in [0.25, 0.3) is 0 Å². The Labute approximate surface area is 300 Å². The molecule has 51 heavy (non-hydrogen) atoms. The van der Waals surface area contributed by atoms with E-state index in [1.54, 1.807) is 77.9 Å². The summed E-state index contributed by atoms with van der Waals surface area (Å²) in [5, 5.41) is 23.3. The number of hydrogen-bond acceptors (Lipinski definition) is 9. The number of rotatable bonds is 9. The van der Waals surface area contributed by atoms with Crippen LogP contribution in [-0.2, 0) is 13.7 Å². The van der Waals surface area contributed by atoms with Crippen molar-refractivity contribution in [1.29, 1.82) is 0 Å². The van der Waals surface area contributed by atoms with Gasteiger partial charge in [-0.25, -0.2) is 13.7 Å². The zero-order chi connectivity index (χ0) is 37.7. The summed E-state index contributed by atoms with van der Waals surface area (Å²) in [6.45, 7) is 18.2. The Morgan fingerprint density at radius 2 is 0.549 bits per heavy atom. The molecule has 18 heteroatoms. The van der Waals surface area contributed by atoms with Gasteiger partial charge < -0.3 is 60.0 Å². The van der Waals surface area contributed by atoms with E-state index in [2.05, 4.69) is 0 Å². The Balaban J connectivity index is -0.000000658. The lowest BCUT2D eigenvalue weighted by molar-refractivity contribution is 0.129. The molecule has 0 spiro atoms. The molecule has 12 N–H and O–H groups in total. The Kier molecular flexibility index (Phi) is 20.1. The average Bonchev–Trinajstić information content (AvgIpc) is 2.90. The predicted molar refractivity (Wildman–Crippen MR) is 199 cm³/mol. The minimum atomic E-state index is -4.10. The summed E-state index contributed by atoms with van der Waals surface area (Å²) in [6, 6.07) is 16.2. The summed E-state index contributed by atoms with van der Waals surface area (Å²) in [5.41, 5.74) is 4.58. The van der Waals surface area contributed by atoms with Gasteiger partial charge in [-0.3, -0.25) is 0 Å². The molecule has 0 aliphatic heterocycles. The third-order valence-electron chi connectivity index (χ3n) is 6.95. The molecule has 3 aromatic carbocycles. The van der Waals surface area contributed by atoms with Crippen molar-refractivity contribution < 1.29 is 73.7 Å². The molecular formula is C33H57O15P3. The lowest BCUT2D eigenvalue weighted by Gasteiger charge is -2.25. The molecule has 0 amide bonds. The first-order valence-corrected chi connectivity index (χ1v) is 19.6. The molecule has 3 rings (SSSR count). The van der Waals surface area contributed by atoms with Crippen LogP contribution in [0.4, 0.5) is 0 Å². The average molecular weight is 787 g/mol. The summed E-state index contributed by atoms with van der Waals surface area (Å²) in [5.74, 6) is 1.07. The quantitative estimate of drug-likeness (QED) is 0.150. The molecule has 0 fully saturated rings. The van der Waals surface area contributed by atoms with Gasteiger partial charge in [0, 0.05) is 0 Å². The van der Waals surface area contributed by atoms with E-state index in [1.165, 1.54) is 41.5 Å². The van der Waals surface area contributed by atoms with Crippen LogP contribution in [0.1, 0.15) is 74.9 Å². The van der Waals surface area contributed by atoms with Gasteiger partial charge in [-0.15, -0.1) is 0 Å². The van der Waals surface area contributed by atoms with Gasteiger partial charge in [0.1, 0.15) is 17.2 Å². The number of aliphatic hydroxyl groups is 3. The van der Waals surface area contributed by atoms with Gasteiger partial charge in [-0.2, -0.15) is 0 Å². The van der Waals surface area contributed by atoms with Crippen LogP contribution in [0, 0.1) is 41.5 Å². The fourth-order valence-electron chi connectivity index (χ4n) is 3.54. The van der Waals surface area contributed by atoms with E-state index < -0.39 is 38.8 Å². The van der Waals surface area contributed by atoms with E-state index in [9.17, 15) is 43.7 Å². The largest absolute Gasteiger partial charge is 0.422 e. The van der Waals surface area contributed by atoms with Crippen LogP contribution in [0.3, 0.4) is 0 Å². The summed E-state index contributed by atoms with van der Waals surface area (Å²) in [6.07, 6.45) is 0. The summed E-state index contributed by atoms with van der Waals surface area (Å²) in [4.78, 5) is 28.9. The van der Waals surface area contributed by atoms with E-state index in [-0.39, 0.29) is 16.4 Å². The van der Waals surface area contributed by atoms with E-state index >= 15 is 0 Å². The zero-order valence-electron chi connectivity index (χ0n) is 31.2. The molecule has 15 nitrogen and oxygen atoms in total. The van der Waals surface area contributed by atoms with Crippen LogP contribution in [0.5, 0.6) is 17.2 Å². The summed E-state index contributed by atoms with van der Waals surface area (Å²) >= 11 is 0. The maximum Gasteiger partial charge on any atom is 0.407 e. The van der Waals surface area contributed by atoms with Crippen LogP contribution in [0.15, 0.2) is 54.6 Å². The van der Waals surface area contributed by atoms with Crippen molar-refractivity contribution in [3.8, 4) is 17.2 Å². The van der Waals surface area contributed by atoms with Crippen molar-refractivity contribution in [3.63, 3.8) is 0 Å². The first kappa shape index (κ1) is 52.7. The third kappa shape index (κ3) is 14.7. The predicted octanol–water partition coefficient (Wildman–Crippen LogP) is 5.31. The minimum Gasteiger partial charge on any atom is -0.422 e. The highest BCUT2D eigenvalue weighted by Gasteiger charge is 2.42. The highest BCUT2D eigenvalue weighted by Crippen LogP contribution is 2.56. The third-order valence-corrected chi connectivity index (χ3v) is 12.4. The fraction of sp³-hybridized carbons (Fsp3) is 0.455. The number of benzene rings is 3.